The molecule has 0 aliphatic rings. The maximum atomic E-state index is 12.0. The Balaban J connectivity index is 1.82. The van der Waals surface area contributed by atoms with Crippen molar-refractivity contribution in [1.82, 2.24) is 5.32 Å². The van der Waals surface area contributed by atoms with Gasteiger partial charge >= 0.3 is 6.03 Å². The highest BCUT2D eigenvalue weighted by molar-refractivity contribution is 6.32. The number of aryl methyl sites for hydroxylation is 3. The Kier molecular flexibility index (Phi) is 6.53. The van der Waals surface area contributed by atoms with Crippen molar-refractivity contribution < 1.29 is 14.3 Å². The number of amides is 2. The molecule has 0 spiro atoms. The number of urea groups is 1. The summed E-state index contributed by atoms with van der Waals surface area (Å²) < 4.78 is 10.9. The molecule has 0 aliphatic carbocycles. The molecule has 134 valence electrons. The van der Waals surface area contributed by atoms with Gasteiger partial charge in [-0.1, -0.05) is 17.7 Å². The first-order valence-electron chi connectivity index (χ1n) is 7.99. The van der Waals surface area contributed by atoms with E-state index in [4.69, 9.17) is 21.1 Å². The minimum Gasteiger partial charge on any atom is -0.495 e. The van der Waals surface area contributed by atoms with Crippen molar-refractivity contribution in [2.24, 2.45) is 0 Å². The van der Waals surface area contributed by atoms with Gasteiger partial charge in [0, 0.05) is 5.02 Å². The van der Waals surface area contributed by atoms with Gasteiger partial charge < -0.3 is 20.1 Å². The molecule has 0 fully saturated rings. The minimum atomic E-state index is -0.309. The lowest BCUT2D eigenvalue weighted by atomic mass is 10.1. The lowest BCUT2D eigenvalue weighted by Crippen LogP contribution is -2.32. The summed E-state index contributed by atoms with van der Waals surface area (Å²) in [5.74, 6) is 1.35. The first kappa shape index (κ1) is 18.9. The van der Waals surface area contributed by atoms with E-state index in [1.54, 1.807) is 7.11 Å². The molecule has 0 radical (unpaired) electrons. The third-order valence-electron chi connectivity index (χ3n) is 3.67. The monoisotopic (exact) mass is 362 g/mol. The average molecular weight is 363 g/mol. The van der Waals surface area contributed by atoms with Crippen molar-refractivity contribution in [2.75, 3.05) is 25.6 Å². The second kappa shape index (κ2) is 8.62. The number of methoxy groups -OCH3 is 1. The molecular weight excluding hydrogens is 340 g/mol. The average Bonchev–Trinajstić information content (AvgIpc) is 2.56. The number of halogens is 1. The molecule has 0 aromatic heterocycles. The van der Waals surface area contributed by atoms with Crippen LogP contribution in [0.1, 0.15) is 16.7 Å². The number of nitrogens with one attached hydrogen (secondary N) is 2. The second-order valence-electron chi connectivity index (χ2n) is 5.80. The normalized spacial score (nSPS) is 10.3. The number of ether oxygens (including phenoxy) is 2. The largest absolute Gasteiger partial charge is 0.495 e. The molecule has 2 aromatic carbocycles. The summed E-state index contributed by atoms with van der Waals surface area (Å²) in [7, 11) is 1.57. The number of anilines is 1. The van der Waals surface area contributed by atoms with Gasteiger partial charge in [-0.2, -0.15) is 0 Å². The Bertz CT molecular complexity index is 739. The second-order valence-corrected chi connectivity index (χ2v) is 6.18. The molecule has 0 aliphatic heterocycles. The summed E-state index contributed by atoms with van der Waals surface area (Å²) in [6.07, 6.45) is 0. The number of carbonyl (C=O) groups is 1. The summed E-state index contributed by atoms with van der Waals surface area (Å²) in [6.45, 7) is 6.55. The quantitative estimate of drug-likeness (QED) is 0.745. The van der Waals surface area contributed by atoms with Crippen molar-refractivity contribution in [3.63, 3.8) is 0 Å². The molecule has 0 saturated heterocycles. The van der Waals surface area contributed by atoms with Gasteiger partial charge in [-0.25, -0.2) is 4.79 Å². The Hall–Kier alpha value is -2.40. The van der Waals surface area contributed by atoms with E-state index in [-0.39, 0.29) is 6.03 Å². The van der Waals surface area contributed by atoms with Crippen LogP contribution in [0.3, 0.4) is 0 Å². The lowest BCUT2D eigenvalue weighted by molar-refractivity contribution is 0.247. The van der Waals surface area contributed by atoms with Gasteiger partial charge in [0.05, 0.1) is 19.3 Å². The lowest BCUT2D eigenvalue weighted by Gasteiger charge is -2.13. The third kappa shape index (κ3) is 5.29. The van der Waals surface area contributed by atoms with Crippen LogP contribution in [0.5, 0.6) is 11.5 Å². The number of hydrogen-bond acceptors (Lipinski definition) is 3. The number of hydrogen-bond donors (Lipinski definition) is 2. The molecule has 2 rings (SSSR count). The summed E-state index contributed by atoms with van der Waals surface area (Å²) in [6, 6.07) is 9.05. The van der Waals surface area contributed by atoms with Crippen molar-refractivity contribution in [2.45, 2.75) is 20.8 Å². The summed E-state index contributed by atoms with van der Waals surface area (Å²) in [5.41, 5.74) is 3.60. The molecule has 0 unspecified atom stereocenters. The first-order chi connectivity index (χ1) is 11.9. The zero-order chi connectivity index (χ0) is 18.4. The van der Waals surface area contributed by atoms with E-state index in [1.165, 1.54) is 0 Å². The highest BCUT2D eigenvalue weighted by Crippen LogP contribution is 2.26. The highest BCUT2D eigenvalue weighted by Gasteiger charge is 2.08. The van der Waals surface area contributed by atoms with Crippen molar-refractivity contribution in [3.8, 4) is 11.5 Å². The topological polar surface area (TPSA) is 59.6 Å². The minimum absolute atomic E-state index is 0.309. The van der Waals surface area contributed by atoms with Crippen LogP contribution in [0, 0.1) is 20.8 Å². The Morgan fingerprint density at radius 2 is 1.80 bits per heavy atom. The molecule has 2 amide bonds. The predicted molar refractivity (Wildman–Crippen MR) is 101 cm³/mol. The number of benzene rings is 2. The number of rotatable bonds is 6. The molecule has 0 bridgehead atoms. The Labute approximate surface area is 153 Å². The van der Waals surface area contributed by atoms with E-state index in [0.29, 0.717) is 24.6 Å². The fraction of sp³-hybridized carbons (Fsp3) is 0.316. The van der Waals surface area contributed by atoms with Gasteiger partial charge in [0.2, 0.25) is 0 Å². The molecule has 0 atom stereocenters. The highest BCUT2D eigenvalue weighted by atomic mass is 35.5. The third-order valence-corrected chi connectivity index (χ3v) is 4.27. The van der Waals surface area contributed by atoms with Crippen molar-refractivity contribution in [3.05, 3.63) is 52.0 Å². The molecule has 2 aromatic rings. The van der Waals surface area contributed by atoms with Crippen LogP contribution in [-0.4, -0.2) is 26.3 Å². The van der Waals surface area contributed by atoms with Gasteiger partial charge in [-0.05, 0) is 61.7 Å². The molecule has 5 nitrogen and oxygen atoms in total. The molecule has 0 heterocycles. The standard InChI is InChI=1S/C19H23ClN2O3/c1-12-5-6-17(24-4)16(9-12)22-19(23)21-7-8-25-15-10-13(2)18(20)14(3)11-15/h5-6,9-11H,7-8H2,1-4H3,(H2,21,22,23). The molecular formula is C19H23ClN2O3. The van der Waals surface area contributed by atoms with Crippen LogP contribution >= 0.6 is 11.6 Å². The van der Waals surface area contributed by atoms with Gasteiger partial charge in [0.15, 0.2) is 0 Å². The fourth-order valence-electron chi connectivity index (χ4n) is 2.41. The van der Waals surface area contributed by atoms with Crippen molar-refractivity contribution >= 4 is 23.3 Å². The van der Waals surface area contributed by atoms with Gasteiger partial charge in [-0.3, -0.25) is 0 Å². The van der Waals surface area contributed by atoms with Crippen LogP contribution in [-0.2, 0) is 0 Å². The summed E-state index contributed by atoms with van der Waals surface area (Å²) in [4.78, 5) is 12.0. The summed E-state index contributed by atoms with van der Waals surface area (Å²) >= 11 is 6.13. The Morgan fingerprint density at radius 3 is 2.44 bits per heavy atom. The zero-order valence-electron chi connectivity index (χ0n) is 14.9. The SMILES string of the molecule is COc1ccc(C)cc1NC(=O)NCCOc1cc(C)c(Cl)c(C)c1. The van der Waals surface area contributed by atoms with Crippen LogP contribution in [0.4, 0.5) is 10.5 Å². The van der Waals surface area contributed by atoms with E-state index in [0.717, 1.165) is 27.5 Å². The van der Waals surface area contributed by atoms with Crippen molar-refractivity contribution in [1.29, 1.82) is 0 Å². The van der Waals surface area contributed by atoms with Crippen LogP contribution in [0.25, 0.3) is 0 Å². The van der Waals surface area contributed by atoms with Crippen LogP contribution in [0.2, 0.25) is 5.02 Å². The maximum Gasteiger partial charge on any atom is 0.319 e. The van der Waals surface area contributed by atoms with E-state index in [1.807, 2.05) is 51.1 Å². The van der Waals surface area contributed by atoms with Crippen LogP contribution in [0.15, 0.2) is 30.3 Å². The van der Waals surface area contributed by atoms with Crippen LogP contribution < -0.4 is 20.1 Å². The summed E-state index contributed by atoms with van der Waals surface area (Å²) in [5, 5.41) is 6.28. The molecule has 2 N–H and O–H groups in total. The van der Waals surface area contributed by atoms with E-state index in [2.05, 4.69) is 10.6 Å². The fourth-order valence-corrected chi connectivity index (χ4v) is 2.52. The van der Waals surface area contributed by atoms with E-state index < -0.39 is 0 Å². The van der Waals surface area contributed by atoms with E-state index >= 15 is 0 Å². The maximum absolute atomic E-state index is 12.0. The number of carbonyl (C=O) groups excluding carboxylic acids is 1. The van der Waals surface area contributed by atoms with Gasteiger partial charge in [-0.15, -0.1) is 0 Å². The molecule has 25 heavy (non-hydrogen) atoms. The molecule has 6 heteroatoms. The van der Waals surface area contributed by atoms with Gasteiger partial charge in [0.1, 0.15) is 18.1 Å². The smallest absolute Gasteiger partial charge is 0.319 e. The first-order valence-corrected chi connectivity index (χ1v) is 8.37. The zero-order valence-corrected chi connectivity index (χ0v) is 15.7. The predicted octanol–water partition coefficient (Wildman–Crippen LogP) is 4.47. The van der Waals surface area contributed by atoms with E-state index in [9.17, 15) is 4.79 Å². The Morgan fingerprint density at radius 1 is 1.12 bits per heavy atom. The van der Waals surface area contributed by atoms with Gasteiger partial charge in [0.25, 0.3) is 0 Å². The molecule has 0 saturated carbocycles.